The summed E-state index contributed by atoms with van der Waals surface area (Å²) in [6.07, 6.45) is -6.31. The minimum absolute atomic E-state index is 0.203. The number of nitrogens with zero attached hydrogens (tertiary/aromatic N) is 2. The van der Waals surface area contributed by atoms with E-state index in [1.165, 1.54) is 18.2 Å². The zero-order chi connectivity index (χ0) is 26.2. The van der Waals surface area contributed by atoms with Crippen molar-refractivity contribution in [2.45, 2.75) is 37.0 Å². The summed E-state index contributed by atoms with van der Waals surface area (Å²) in [7, 11) is -10.7. The Morgan fingerprint density at radius 1 is 1.03 bits per heavy atom. The number of ether oxygens (including phenoxy) is 1. The van der Waals surface area contributed by atoms with Gasteiger partial charge in [0.05, 0.1) is 13.2 Å². The normalized spacial score (nSPS) is 24.9. The van der Waals surface area contributed by atoms with Gasteiger partial charge < -0.3 is 29.6 Å². The number of hydrogen-bond donors (Lipinski definition) is 5. The van der Waals surface area contributed by atoms with E-state index in [-0.39, 0.29) is 4.57 Å². The molecule has 1 aliphatic rings. The summed E-state index contributed by atoms with van der Waals surface area (Å²) < 4.78 is 65.5. The van der Waals surface area contributed by atoms with Gasteiger partial charge in [-0.2, -0.15) is 13.1 Å². The van der Waals surface area contributed by atoms with Gasteiger partial charge in [-0.15, -0.1) is 0 Å². The van der Waals surface area contributed by atoms with Crippen molar-refractivity contribution in [1.82, 2.24) is 9.13 Å². The standard InChI is InChI=1S/C17H20F2N2O12P2/c18-17(19,10-4-2-1-3-5-10)9-21-12(22)6-7-20(16(21)25)15-14(24)13(23)11(32-15)8-31-35(29,30)33-34(26,27)28/h1-7,11,13-15,23-24H,8-9H2,(H,29,30)(H2,26,27,28)/t11-,13+,14+,15-/m1/s1. The Labute approximate surface area is 194 Å². The van der Waals surface area contributed by atoms with Gasteiger partial charge >= 0.3 is 21.3 Å². The molecule has 194 valence electrons. The van der Waals surface area contributed by atoms with E-state index in [0.717, 1.165) is 24.4 Å². The molecule has 0 amide bonds. The maximum Gasteiger partial charge on any atom is 0.481 e. The maximum atomic E-state index is 14.7. The Kier molecular flexibility index (Phi) is 7.94. The Morgan fingerprint density at radius 3 is 2.26 bits per heavy atom. The number of phosphoric ester groups is 1. The number of halogens is 2. The largest absolute Gasteiger partial charge is 0.481 e. The molecule has 3 rings (SSSR count). The predicted molar refractivity (Wildman–Crippen MR) is 110 cm³/mol. The van der Waals surface area contributed by atoms with Crippen molar-refractivity contribution in [3.63, 3.8) is 0 Å². The molecular weight excluding hydrogens is 524 g/mol. The minimum atomic E-state index is -5.42. The van der Waals surface area contributed by atoms with E-state index in [1.807, 2.05) is 0 Å². The van der Waals surface area contributed by atoms with E-state index in [2.05, 4.69) is 8.83 Å². The van der Waals surface area contributed by atoms with E-state index in [0.29, 0.717) is 4.57 Å². The quantitative estimate of drug-likeness (QED) is 0.257. The first-order valence-electron chi connectivity index (χ1n) is 9.62. The number of rotatable bonds is 9. The summed E-state index contributed by atoms with van der Waals surface area (Å²) >= 11 is 0. The third-order valence-corrected chi connectivity index (χ3v) is 7.02. The van der Waals surface area contributed by atoms with Crippen LogP contribution in [-0.4, -0.2) is 58.9 Å². The van der Waals surface area contributed by atoms with Crippen molar-refractivity contribution in [3.8, 4) is 0 Å². The number of phosphoric acid groups is 2. The summed E-state index contributed by atoms with van der Waals surface area (Å²) in [5.41, 5.74) is -2.85. The van der Waals surface area contributed by atoms with Crippen molar-refractivity contribution >= 4 is 15.6 Å². The molecule has 0 aliphatic carbocycles. The molecule has 1 aromatic carbocycles. The minimum Gasteiger partial charge on any atom is -0.387 e. The van der Waals surface area contributed by atoms with Gasteiger partial charge in [-0.05, 0) is 0 Å². The molecule has 18 heteroatoms. The Balaban J connectivity index is 1.82. The fraction of sp³-hybridized carbons (Fsp3) is 0.412. The summed E-state index contributed by atoms with van der Waals surface area (Å²) in [5, 5.41) is 20.4. The first-order valence-corrected chi connectivity index (χ1v) is 12.6. The van der Waals surface area contributed by atoms with Crippen LogP contribution < -0.4 is 11.2 Å². The molecular formula is C17H20F2N2O12P2. The van der Waals surface area contributed by atoms with Crippen LogP contribution in [0.3, 0.4) is 0 Å². The zero-order valence-corrected chi connectivity index (χ0v) is 19.2. The molecule has 1 aliphatic heterocycles. The monoisotopic (exact) mass is 544 g/mol. The average Bonchev–Trinajstić information content (AvgIpc) is 3.03. The van der Waals surface area contributed by atoms with Crippen LogP contribution in [0, 0.1) is 0 Å². The van der Waals surface area contributed by atoms with Crippen molar-refractivity contribution < 1.29 is 56.4 Å². The number of benzene rings is 1. The molecule has 35 heavy (non-hydrogen) atoms. The third kappa shape index (κ3) is 6.57. The molecule has 1 saturated heterocycles. The Hall–Kier alpha value is -2.10. The van der Waals surface area contributed by atoms with Crippen LogP contribution in [0.4, 0.5) is 8.78 Å². The lowest BCUT2D eigenvalue weighted by Gasteiger charge is -2.21. The molecule has 2 heterocycles. The second-order valence-electron chi connectivity index (χ2n) is 7.38. The van der Waals surface area contributed by atoms with E-state index in [4.69, 9.17) is 14.5 Å². The molecule has 5 atom stereocenters. The van der Waals surface area contributed by atoms with E-state index in [9.17, 15) is 42.6 Å². The number of hydrogen-bond acceptors (Lipinski definition) is 9. The molecule has 1 unspecified atom stereocenters. The lowest BCUT2D eigenvalue weighted by molar-refractivity contribution is -0.0569. The van der Waals surface area contributed by atoms with Gasteiger partial charge in [-0.1, -0.05) is 30.3 Å². The SMILES string of the molecule is O=c1ccn([C@@H]2O[C@H](COP(=O)(O)OP(=O)(O)O)[C@H](O)[C@@H]2O)c(=O)n1CC(F)(F)c1ccccc1. The molecule has 0 bridgehead atoms. The highest BCUT2D eigenvalue weighted by molar-refractivity contribution is 7.60. The van der Waals surface area contributed by atoms with E-state index >= 15 is 0 Å². The van der Waals surface area contributed by atoms with Crippen molar-refractivity contribution in [2.24, 2.45) is 0 Å². The van der Waals surface area contributed by atoms with Crippen LogP contribution in [0.25, 0.3) is 0 Å². The lowest BCUT2D eigenvalue weighted by Crippen LogP contribution is -2.45. The second kappa shape index (κ2) is 10.1. The highest BCUT2D eigenvalue weighted by atomic mass is 31.3. The fourth-order valence-corrected chi connectivity index (χ4v) is 4.86. The number of aliphatic hydroxyl groups is 2. The van der Waals surface area contributed by atoms with Gasteiger partial charge in [0.2, 0.25) is 0 Å². The molecule has 0 saturated carbocycles. The van der Waals surface area contributed by atoms with Gasteiger partial charge in [0.1, 0.15) is 18.3 Å². The van der Waals surface area contributed by atoms with Crippen LogP contribution in [0.15, 0.2) is 52.2 Å². The molecule has 14 nitrogen and oxygen atoms in total. The predicted octanol–water partition coefficient (Wildman–Crippen LogP) is -0.353. The fourth-order valence-electron chi connectivity index (χ4n) is 3.26. The maximum absolute atomic E-state index is 14.7. The molecule has 5 N–H and O–H groups in total. The van der Waals surface area contributed by atoms with Crippen molar-refractivity contribution in [3.05, 3.63) is 69.0 Å². The van der Waals surface area contributed by atoms with Crippen LogP contribution in [0.1, 0.15) is 11.8 Å². The first kappa shape index (κ1) is 27.5. The summed E-state index contributed by atoms with van der Waals surface area (Å²) in [5.74, 6) is -3.63. The topological polar surface area (TPSA) is 207 Å². The zero-order valence-electron chi connectivity index (χ0n) is 17.4. The molecule has 0 spiro atoms. The van der Waals surface area contributed by atoms with Crippen LogP contribution in [0.5, 0.6) is 0 Å². The Bertz CT molecular complexity index is 1260. The lowest BCUT2D eigenvalue weighted by atomic mass is 10.1. The Morgan fingerprint density at radius 2 is 1.66 bits per heavy atom. The van der Waals surface area contributed by atoms with E-state index in [1.54, 1.807) is 0 Å². The van der Waals surface area contributed by atoms with Crippen LogP contribution in [-0.2, 0) is 35.2 Å². The van der Waals surface area contributed by atoms with Crippen LogP contribution in [0.2, 0.25) is 0 Å². The van der Waals surface area contributed by atoms with Gasteiger partial charge in [0.15, 0.2) is 6.23 Å². The third-order valence-electron chi connectivity index (χ3n) is 4.87. The number of alkyl halides is 2. The van der Waals surface area contributed by atoms with Gasteiger partial charge in [0.25, 0.3) is 11.5 Å². The molecule has 0 radical (unpaired) electrons. The number of aliphatic hydroxyl groups excluding tert-OH is 2. The first-order chi connectivity index (χ1) is 16.1. The molecule has 2 aromatic rings. The average molecular weight is 544 g/mol. The molecule has 1 aromatic heterocycles. The summed E-state index contributed by atoms with van der Waals surface area (Å²) in [6.45, 7) is -2.39. The highest BCUT2D eigenvalue weighted by Gasteiger charge is 2.46. The molecule has 1 fully saturated rings. The number of aromatic nitrogens is 2. The van der Waals surface area contributed by atoms with Gasteiger partial charge in [-0.25, -0.2) is 13.9 Å². The van der Waals surface area contributed by atoms with Crippen molar-refractivity contribution in [1.29, 1.82) is 0 Å². The summed E-state index contributed by atoms with van der Waals surface area (Å²) in [6, 6.07) is 7.15. The highest BCUT2D eigenvalue weighted by Crippen LogP contribution is 2.57. The van der Waals surface area contributed by atoms with Crippen molar-refractivity contribution in [2.75, 3.05) is 6.61 Å². The van der Waals surface area contributed by atoms with Gasteiger partial charge in [-0.3, -0.25) is 18.5 Å². The summed E-state index contributed by atoms with van der Waals surface area (Å²) in [4.78, 5) is 51.5. The van der Waals surface area contributed by atoms with Crippen LogP contribution >= 0.6 is 15.6 Å². The smallest absolute Gasteiger partial charge is 0.387 e. The van der Waals surface area contributed by atoms with Gasteiger partial charge in [0, 0.05) is 17.8 Å². The second-order valence-corrected chi connectivity index (χ2v) is 10.2. The van der Waals surface area contributed by atoms with E-state index < -0.39 is 76.1 Å².